The minimum absolute atomic E-state index is 0.0102. The summed E-state index contributed by atoms with van der Waals surface area (Å²) in [7, 11) is 0. The Morgan fingerprint density at radius 2 is 1.04 bits per heavy atom. The molecule has 9 atom stereocenters. The van der Waals surface area contributed by atoms with Crippen molar-refractivity contribution in [3.8, 4) is 0 Å². The first-order chi connectivity index (χ1) is 40.4. The maximum atomic E-state index is 14.5. The van der Waals surface area contributed by atoms with Crippen LogP contribution in [0.15, 0.2) is 73.4 Å². The quantitative estimate of drug-likeness (QED) is 0.0200. The highest BCUT2D eigenvalue weighted by Gasteiger charge is 2.35. The summed E-state index contributed by atoms with van der Waals surface area (Å²) in [4.78, 5) is 172. The Bertz CT molecular complexity index is 3210. The Kier molecular flexibility index (Phi) is 25.3. The number of fused-ring (bicyclic) bond motifs is 2. The molecule has 29 nitrogen and oxygen atoms in total. The number of carboxylic acids is 3. The molecule has 5 aromatic rings. The van der Waals surface area contributed by atoms with Crippen LogP contribution >= 0.6 is 25.3 Å². The van der Waals surface area contributed by atoms with Gasteiger partial charge in [0.25, 0.3) is 0 Å². The van der Waals surface area contributed by atoms with Crippen LogP contribution in [-0.4, -0.2) is 179 Å². The molecule has 0 aliphatic carbocycles. The summed E-state index contributed by atoms with van der Waals surface area (Å²) >= 11 is 8.00. The van der Waals surface area contributed by atoms with Crippen molar-refractivity contribution in [2.75, 3.05) is 18.1 Å². The van der Waals surface area contributed by atoms with Gasteiger partial charge in [0.2, 0.25) is 53.2 Å². The predicted octanol–water partition coefficient (Wildman–Crippen LogP) is -1.93. The van der Waals surface area contributed by atoms with Gasteiger partial charge in [-0.25, -0.2) is 9.78 Å². The first kappa shape index (κ1) is 66.8. The van der Waals surface area contributed by atoms with E-state index in [1.165, 1.54) is 19.4 Å². The van der Waals surface area contributed by atoms with Crippen LogP contribution in [0.5, 0.6) is 0 Å². The lowest BCUT2D eigenvalue weighted by molar-refractivity contribution is -0.142. The van der Waals surface area contributed by atoms with E-state index in [0.717, 1.165) is 0 Å². The van der Waals surface area contributed by atoms with Crippen molar-refractivity contribution in [3.05, 3.63) is 90.3 Å². The molecule has 0 radical (unpaired) electrons. The van der Waals surface area contributed by atoms with Crippen molar-refractivity contribution in [3.63, 3.8) is 0 Å². The lowest BCUT2D eigenvalue weighted by Gasteiger charge is -2.27. The monoisotopic (exact) mass is 1220 g/mol. The number of para-hydroxylation sites is 2. The number of benzene rings is 2. The van der Waals surface area contributed by atoms with Gasteiger partial charge in [0.05, 0.1) is 25.3 Å². The average Bonchev–Trinajstić information content (AvgIpc) is 4.47. The summed E-state index contributed by atoms with van der Waals surface area (Å²) in [6.45, 7) is 3.88. The number of carbonyl (C=O) groups excluding carboxylic acids is 9. The number of rotatable bonds is 34. The molecule has 0 saturated carbocycles. The summed E-state index contributed by atoms with van der Waals surface area (Å²) in [5.41, 5.74) is 8.76. The molecule has 0 saturated heterocycles. The number of H-pyrrole nitrogens is 3. The van der Waals surface area contributed by atoms with Crippen LogP contribution in [0.1, 0.15) is 63.3 Å². The number of thiol groups is 2. The van der Waals surface area contributed by atoms with Crippen LogP contribution in [0.2, 0.25) is 0 Å². The Labute approximate surface area is 496 Å². The number of nitrogens with one attached hydrogen (secondary N) is 12. The van der Waals surface area contributed by atoms with E-state index in [1.54, 1.807) is 74.8 Å². The summed E-state index contributed by atoms with van der Waals surface area (Å²) < 4.78 is 0. The zero-order valence-corrected chi connectivity index (χ0v) is 48.2. The maximum absolute atomic E-state index is 14.5. The van der Waals surface area contributed by atoms with Gasteiger partial charge < -0.3 is 83.9 Å². The van der Waals surface area contributed by atoms with Crippen LogP contribution in [0, 0.1) is 5.92 Å². The Morgan fingerprint density at radius 3 is 1.56 bits per heavy atom. The first-order valence-electron chi connectivity index (χ1n) is 26.8. The summed E-state index contributed by atoms with van der Waals surface area (Å²) in [6.07, 6.45) is 3.04. The molecule has 0 unspecified atom stereocenters. The number of aromatic amines is 3. The summed E-state index contributed by atoms with van der Waals surface area (Å²) in [5.74, 6) is -13.6. The normalized spacial score (nSPS) is 14.4. The molecule has 3 aromatic heterocycles. The van der Waals surface area contributed by atoms with Crippen LogP contribution < -0.4 is 53.6 Å². The van der Waals surface area contributed by atoms with E-state index in [4.69, 9.17) is 5.73 Å². The van der Waals surface area contributed by atoms with Crippen molar-refractivity contribution in [1.29, 1.82) is 0 Å². The fourth-order valence-electron chi connectivity index (χ4n) is 8.76. The number of imidazole rings is 1. The molecule has 0 aliphatic heterocycles. The number of carboxylic acid groups (broad SMARTS) is 3. The van der Waals surface area contributed by atoms with Gasteiger partial charge in [0.15, 0.2) is 0 Å². The van der Waals surface area contributed by atoms with Crippen molar-refractivity contribution < 1.29 is 72.9 Å². The fourth-order valence-corrected chi connectivity index (χ4v) is 9.17. The van der Waals surface area contributed by atoms with Crippen LogP contribution in [0.25, 0.3) is 21.8 Å². The number of hydrogen-bond acceptors (Lipinski definition) is 16. The summed E-state index contributed by atoms with van der Waals surface area (Å²) in [5, 5.41) is 52.1. The lowest BCUT2D eigenvalue weighted by Crippen LogP contribution is -2.60. The second kappa shape index (κ2) is 32.2. The van der Waals surface area contributed by atoms with E-state index >= 15 is 0 Å². The fraction of sp³-hybridized carbons (Fsp3) is 0.426. The number of hydrogen-bond donors (Lipinski definition) is 18. The molecule has 2 aromatic carbocycles. The van der Waals surface area contributed by atoms with Gasteiger partial charge >= 0.3 is 17.9 Å². The van der Waals surface area contributed by atoms with E-state index in [1.807, 2.05) is 0 Å². The predicted molar refractivity (Wildman–Crippen MR) is 312 cm³/mol. The third-order valence-electron chi connectivity index (χ3n) is 13.2. The van der Waals surface area contributed by atoms with Crippen molar-refractivity contribution in [1.82, 2.24) is 67.8 Å². The van der Waals surface area contributed by atoms with E-state index in [2.05, 4.69) is 93.0 Å². The third-order valence-corrected chi connectivity index (χ3v) is 14.0. The van der Waals surface area contributed by atoms with Gasteiger partial charge in [0.1, 0.15) is 48.3 Å². The standard InChI is InChI=1S/C54H70N14O15S2/c1-26(2)14-37(51(79)66-40(17-30-21-56-25-60-30)50(78)61-27(3)46(74)68-42(24-85)54(82)83)65-52(80)38(15-28-19-57-34-10-6-4-8-31(28)34)62-43(69)22-59-48(76)41(18-45(72)73)67-49(77)36(12-13-44(70)71)63-53(81)39(64-47(75)33(55)23-84)16-29-20-58-35-11-7-5-9-32(29)35/h4-11,19-21,25-27,33,36-42,57-58,84-85H,12-18,22-24,55H2,1-3H3,(H,56,60)(H,59,76)(H,61,78)(H,62,69)(H,63,81)(H,64,75)(H,65,80)(H,66,79)(H,67,77)(H,68,74)(H,70,71)(H,72,73)(H,82,83)/t27-,33-,36-,37-,38-,39-,40-,41-,42-/m0/s1. The Balaban J connectivity index is 1.33. The minimum atomic E-state index is -1.94. The molecular formula is C54H70N14O15S2. The molecule has 9 amide bonds. The van der Waals surface area contributed by atoms with Crippen LogP contribution in [-0.2, 0) is 76.8 Å². The number of nitrogens with two attached hydrogens (primary N) is 1. The molecule has 5 rings (SSSR count). The molecule has 85 heavy (non-hydrogen) atoms. The topological polar surface area (TPSA) is 460 Å². The Morgan fingerprint density at radius 1 is 0.541 bits per heavy atom. The van der Waals surface area contributed by atoms with Crippen molar-refractivity contribution >= 4 is 118 Å². The number of aliphatic carboxylic acids is 3. The molecule has 0 fully saturated rings. The number of nitrogens with zero attached hydrogens (tertiary/aromatic N) is 1. The average molecular weight is 1220 g/mol. The van der Waals surface area contributed by atoms with E-state index < -0.39 is 151 Å². The maximum Gasteiger partial charge on any atom is 0.327 e. The first-order valence-corrected chi connectivity index (χ1v) is 28.0. The molecule has 3 heterocycles. The molecule has 0 aliphatic rings. The van der Waals surface area contributed by atoms with Gasteiger partial charge in [-0.3, -0.25) is 52.7 Å². The Hall–Kier alpha value is -8.97. The molecule has 0 bridgehead atoms. The van der Waals surface area contributed by atoms with Crippen molar-refractivity contribution in [2.24, 2.45) is 11.7 Å². The second-order valence-electron chi connectivity index (χ2n) is 20.3. The summed E-state index contributed by atoms with van der Waals surface area (Å²) in [6, 6.07) is 0.928. The van der Waals surface area contributed by atoms with Gasteiger partial charge in [-0.1, -0.05) is 50.2 Å². The molecule has 0 spiro atoms. The lowest BCUT2D eigenvalue weighted by atomic mass is 10.00. The number of amides is 9. The second-order valence-corrected chi connectivity index (χ2v) is 21.0. The molecular weight excluding hydrogens is 1150 g/mol. The molecule has 458 valence electrons. The van der Waals surface area contributed by atoms with Gasteiger partial charge in [-0.05, 0) is 48.9 Å². The zero-order chi connectivity index (χ0) is 62.5. The van der Waals surface area contributed by atoms with Gasteiger partial charge in [0, 0.05) is 83.3 Å². The molecule has 17 N–H and O–H groups in total. The van der Waals surface area contributed by atoms with Crippen LogP contribution in [0.3, 0.4) is 0 Å². The largest absolute Gasteiger partial charge is 0.481 e. The highest BCUT2D eigenvalue weighted by molar-refractivity contribution is 7.80. The van der Waals surface area contributed by atoms with E-state index in [0.29, 0.717) is 38.6 Å². The molecule has 31 heteroatoms. The van der Waals surface area contributed by atoms with Crippen molar-refractivity contribution in [2.45, 2.75) is 120 Å². The highest BCUT2D eigenvalue weighted by atomic mass is 32.1. The van der Waals surface area contributed by atoms with E-state index in [9.17, 15) is 72.9 Å². The highest BCUT2D eigenvalue weighted by Crippen LogP contribution is 2.21. The van der Waals surface area contributed by atoms with E-state index in [-0.39, 0.29) is 43.1 Å². The van der Waals surface area contributed by atoms with Gasteiger partial charge in [-0.15, -0.1) is 0 Å². The zero-order valence-electron chi connectivity index (χ0n) is 46.4. The van der Waals surface area contributed by atoms with Crippen LogP contribution in [0.4, 0.5) is 0 Å². The number of carbonyl (C=O) groups is 12. The SMILES string of the molecule is CC(C)C[C@H](NC(=O)[C@H](Cc1c[nH]c2ccccc12)NC(=O)CNC(=O)[C@H](CC(=O)O)NC(=O)[C@H](CCC(=O)O)NC(=O)[C@H](Cc1c[nH]c2ccccc12)NC(=O)[C@@H](N)CS)C(=O)N[C@@H](Cc1cnc[nH]1)C(=O)N[C@@H](C)C(=O)N[C@@H](CS)C(=O)O. The minimum Gasteiger partial charge on any atom is -0.481 e. The smallest absolute Gasteiger partial charge is 0.327 e. The van der Waals surface area contributed by atoms with Gasteiger partial charge in [-0.2, -0.15) is 25.3 Å². The number of aromatic nitrogens is 4. The third kappa shape index (κ3) is 20.4.